The highest BCUT2D eigenvalue weighted by Crippen LogP contribution is 2.30. The molecule has 0 aliphatic rings. The second kappa shape index (κ2) is 7.75. The molecule has 1 rings (SSSR count). The van der Waals surface area contributed by atoms with Crippen LogP contribution in [0.1, 0.15) is 25.3 Å². The van der Waals surface area contributed by atoms with Crippen LogP contribution in [0.15, 0.2) is 12.1 Å². The van der Waals surface area contributed by atoms with E-state index in [9.17, 15) is 9.59 Å². The first-order valence-corrected chi connectivity index (χ1v) is 6.76. The molecule has 6 heteroatoms. The first-order chi connectivity index (χ1) is 9.47. The van der Waals surface area contributed by atoms with Gasteiger partial charge in [0.05, 0.1) is 19.3 Å². The molecule has 110 valence electrons. The van der Waals surface area contributed by atoms with E-state index in [-0.39, 0.29) is 18.4 Å². The zero-order valence-electron chi connectivity index (χ0n) is 11.9. The molecule has 0 bridgehead atoms. The summed E-state index contributed by atoms with van der Waals surface area (Å²) >= 11 is 5.99. The number of amides is 2. The number of carbonyl (C=O) groups is 2. The Hall–Kier alpha value is -1.75. The largest absolute Gasteiger partial charge is 0.495 e. The van der Waals surface area contributed by atoms with Gasteiger partial charge in [-0.25, -0.2) is 0 Å². The highest BCUT2D eigenvalue weighted by molar-refractivity contribution is 6.31. The van der Waals surface area contributed by atoms with E-state index < -0.39 is 0 Å². The summed E-state index contributed by atoms with van der Waals surface area (Å²) in [4.78, 5) is 23.1. The first kappa shape index (κ1) is 16.3. The van der Waals surface area contributed by atoms with Crippen LogP contribution in [0.25, 0.3) is 0 Å². The van der Waals surface area contributed by atoms with Crippen molar-refractivity contribution in [2.24, 2.45) is 0 Å². The molecule has 2 amide bonds. The average molecular weight is 299 g/mol. The van der Waals surface area contributed by atoms with Gasteiger partial charge in [-0.1, -0.05) is 18.5 Å². The molecule has 0 fully saturated rings. The fourth-order valence-electron chi connectivity index (χ4n) is 1.62. The highest BCUT2D eigenvalue weighted by Gasteiger charge is 2.11. The normalized spacial score (nSPS) is 10.0. The van der Waals surface area contributed by atoms with Gasteiger partial charge in [-0.3, -0.25) is 9.59 Å². The molecular weight excluding hydrogens is 280 g/mol. The van der Waals surface area contributed by atoms with Crippen molar-refractivity contribution in [3.05, 3.63) is 22.7 Å². The van der Waals surface area contributed by atoms with Crippen molar-refractivity contribution in [1.82, 2.24) is 5.32 Å². The van der Waals surface area contributed by atoms with Crippen LogP contribution in [-0.4, -0.2) is 25.5 Å². The maximum Gasteiger partial charge on any atom is 0.243 e. The molecule has 20 heavy (non-hydrogen) atoms. The Labute approximate surface area is 123 Å². The molecule has 0 saturated carbocycles. The van der Waals surface area contributed by atoms with Gasteiger partial charge in [0.15, 0.2) is 0 Å². The summed E-state index contributed by atoms with van der Waals surface area (Å²) in [5, 5.41) is 5.80. The molecule has 0 radical (unpaired) electrons. The van der Waals surface area contributed by atoms with Crippen LogP contribution in [0.2, 0.25) is 5.02 Å². The Morgan fingerprint density at radius 2 is 2.00 bits per heavy atom. The fourth-order valence-corrected chi connectivity index (χ4v) is 1.77. The minimum absolute atomic E-state index is 0.0658. The second-order valence-corrected chi connectivity index (χ2v) is 4.78. The number of rotatable bonds is 6. The van der Waals surface area contributed by atoms with Crippen molar-refractivity contribution in [2.75, 3.05) is 19.0 Å². The topological polar surface area (TPSA) is 67.4 Å². The number of nitrogens with one attached hydrogen (secondary N) is 2. The van der Waals surface area contributed by atoms with E-state index >= 15 is 0 Å². The molecule has 0 saturated heterocycles. The van der Waals surface area contributed by atoms with E-state index in [4.69, 9.17) is 16.3 Å². The van der Waals surface area contributed by atoms with E-state index in [1.165, 1.54) is 7.11 Å². The number of hydrogen-bond acceptors (Lipinski definition) is 3. The zero-order valence-corrected chi connectivity index (χ0v) is 12.6. The number of carbonyl (C=O) groups excluding carboxylic acids is 2. The minimum atomic E-state index is -0.311. The third kappa shape index (κ3) is 4.74. The van der Waals surface area contributed by atoms with E-state index in [0.717, 1.165) is 12.0 Å². The molecular formula is C14H19ClN2O3. The summed E-state index contributed by atoms with van der Waals surface area (Å²) in [5.41, 5.74) is 1.36. The van der Waals surface area contributed by atoms with Gasteiger partial charge in [0.25, 0.3) is 0 Å². The predicted octanol–water partition coefficient (Wildman–Crippen LogP) is 2.51. The van der Waals surface area contributed by atoms with Crippen molar-refractivity contribution in [3.8, 4) is 5.75 Å². The Balaban J connectivity index is 2.66. The Morgan fingerprint density at radius 1 is 1.30 bits per heavy atom. The number of ether oxygens (including phenoxy) is 1. The lowest BCUT2D eigenvalue weighted by atomic mass is 10.2. The lowest BCUT2D eigenvalue weighted by molar-refractivity contribution is -0.124. The second-order valence-electron chi connectivity index (χ2n) is 4.38. The Kier molecular flexibility index (Phi) is 6.31. The van der Waals surface area contributed by atoms with Crippen molar-refractivity contribution in [1.29, 1.82) is 0 Å². The number of hydrogen-bond donors (Lipinski definition) is 2. The van der Waals surface area contributed by atoms with Crippen LogP contribution >= 0.6 is 11.6 Å². The summed E-state index contributed by atoms with van der Waals surface area (Å²) in [6.45, 7) is 3.67. The SMILES string of the molecule is CCCC(=O)NCC(=O)Nc1cc(C)c(Cl)cc1OC. The first-order valence-electron chi connectivity index (χ1n) is 6.38. The van der Waals surface area contributed by atoms with E-state index in [0.29, 0.717) is 22.9 Å². The summed E-state index contributed by atoms with van der Waals surface area (Å²) in [6.07, 6.45) is 1.16. The van der Waals surface area contributed by atoms with Crippen LogP contribution in [0.3, 0.4) is 0 Å². The van der Waals surface area contributed by atoms with Crippen molar-refractivity contribution in [2.45, 2.75) is 26.7 Å². The minimum Gasteiger partial charge on any atom is -0.495 e. The standard InChI is InChI=1S/C14H19ClN2O3/c1-4-5-13(18)16-8-14(19)17-11-6-9(2)10(15)7-12(11)20-3/h6-7H,4-5,8H2,1-3H3,(H,16,18)(H,17,19). The Morgan fingerprint density at radius 3 is 2.60 bits per heavy atom. The summed E-state index contributed by atoms with van der Waals surface area (Å²) in [6, 6.07) is 3.37. The van der Waals surface area contributed by atoms with Gasteiger partial charge in [0.2, 0.25) is 11.8 Å². The fraction of sp³-hybridized carbons (Fsp3) is 0.429. The molecule has 0 atom stereocenters. The van der Waals surface area contributed by atoms with Crippen LogP contribution in [0.4, 0.5) is 5.69 Å². The smallest absolute Gasteiger partial charge is 0.243 e. The van der Waals surface area contributed by atoms with E-state index in [1.54, 1.807) is 12.1 Å². The third-order valence-electron chi connectivity index (χ3n) is 2.68. The highest BCUT2D eigenvalue weighted by atomic mass is 35.5. The number of methoxy groups -OCH3 is 1. The number of benzene rings is 1. The maximum atomic E-state index is 11.8. The van der Waals surface area contributed by atoms with Gasteiger partial charge in [-0.15, -0.1) is 0 Å². The van der Waals surface area contributed by atoms with Gasteiger partial charge in [-0.2, -0.15) is 0 Å². The van der Waals surface area contributed by atoms with Gasteiger partial charge in [0, 0.05) is 17.5 Å². The lowest BCUT2D eigenvalue weighted by Gasteiger charge is -2.12. The van der Waals surface area contributed by atoms with Gasteiger partial charge in [0.1, 0.15) is 5.75 Å². The predicted molar refractivity (Wildman–Crippen MR) is 79.3 cm³/mol. The van der Waals surface area contributed by atoms with Gasteiger partial charge < -0.3 is 15.4 Å². The molecule has 0 unspecified atom stereocenters. The van der Waals surface area contributed by atoms with Crippen molar-refractivity contribution < 1.29 is 14.3 Å². The van der Waals surface area contributed by atoms with Crippen molar-refractivity contribution in [3.63, 3.8) is 0 Å². The van der Waals surface area contributed by atoms with E-state index in [2.05, 4.69) is 10.6 Å². The molecule has 0 aliphatic carbocycles. The van der Waals surface area contributed by atoms with Crippen LogP contribution in [0.5, 0.6) is 5.75 Å². The third-order valence-corrected chi connectivity index (χ3v) is 3.09. The average Bonchev–Trinajstić information content (AvgIpc) is 2.40. The molecule has 1 aromatic rings. The summed E-state index contributed by atoms with van der Waals surface area (Å²) in [5.74, 6) is 0.0326. The van der Waals surface area contributed by atoms with Crippen LogP contribution in [-0.2, 0) is 9.59 Å². The van der Waals surface area contributed by atoms with E-state index in [1.807, 2.05) is 13.8 Å². The van der Waals surface area contributed by atoms with Crippen LogP contribution in [0, 0.1) is 6.92 Å². The molecule has 0 aliphatic heterocycles. The number of anilines is 1. The lowest BCUT2D eigenvalue weighted by Crippen LogP contribution is -2.32. The van der Waals surface area contributed by atoms with Crippen LogP contribution < -0.4 is 15.4 Å². The summed E-state index contributed by atoms with van der Waals surface area (Å²) in [7, 11) is 1.50. The van der Waals surface area contributed by atoms with Gasteiger partial charge >= 0.3 is 0 Å². The van der Waals surface area contributed by atoms with Gasteiger partial charge in [-0.05, 0) is 25.0 Å². The molecule has 1 aromatic carbocycles. The summed E-state index contributed by atoms with van der Waals surface area (Å²) < 4.78 is 5.16. The molecule has 0 aromatic heterocycles. The Bertz CT molecular complexity index is 503. The zero-order chi connectivity index (χ0) is 15.1. The number of halogens is 1. The monoisotopic (exact) mass is 298 g/mol. The molecule has 0 spiro atoms. The maximum absolute atomic E-state index is 11.8. The molecule has 5 nitrogen and oxygen atoms in total. The number of aryl methyl sites for hydroxylation is 1. The molecule has 2 N–H and O–H groups in total. The quantitative estimate of drug-likeness (QED) is 0.848. The molecule has 0 heterocycles. The van der Waals surface area contributed by atoms with Crippen molar-refractivity contribution >= 4 is 29.1 Å².